The standard InChI is InChI=1S/C16H15Cl2FN4OS/c17-12-3-1-4-13(14(12)18)21-16(24)23(25)9-10-7-11(19)8-20-15(10)22-5-2-6-22/h1,3-4,7-8,25H,2,5-6,9H2,(H,21,24). The Bertz CT molecular complexity index is 804. The molecule has 0 unspecified atom stereocenters. The summed E-state index contributed by atoms with van der Waals surface area (Å²) in [5, 5.41) is 3.21. The molecule has 1 fully saturated rings. The molecule has 0 aliphatic carbocycles. The third-order valence-corrected chi connectivity index (χ3v) is 4.95. The van der Waals surface area contributed by atoms with E-state index in [0.717, 1.165) is 23.8 Å². The fraction of sp³-hybridized carbons (Fsp3) is 0.250. The molecule has 3 rings (SSSR count). The van der Waals surface area contributed by atoms with Gasteiger partial charge >= 0.3 is 6.03 Å². The number of amides is 2. The van der Waals surface area contributed by atoms with Crippen LogP contribution in [0.1, 0.15) is 12.0 Å². The maximum atomic E-state index is 13.6. The smallest absolute Gasteiger partial charge is 0.332 e. The second-order valence-corrected chi connectivity index (χ2v) is 6.83. The van der Waals surface area contributed by atoms with Gasteiger partial charge in [0.1, 0.15) is 11.6 Å². The van der Waals surface area contributed by atoms with Gasteiger partial charge in [0.2, 0.25) is 0 Å². The minimum atomic E-state index is -0.508. The molecule has 0 bridgehead atoms. The van der Waals surface area contributed by atoms with Crippen LogP contribution in [0.5, 0.6) is 0 Å². The first-order valence-electron chi connectivity index (χ1n) is 7.56. The lowest BCUT2D eigenvalue weighted by atomic mass is 10.1. The van der Waals surface area contributed by atoms with Crippen molar-refractivity contribution in [1.29, 1.82) is 0 Å². The Morgan fingerprint density at radius 1 is 1.40 bits per heavy atom. The summed E-state index contributed by atoms with van der Waals surface area (Å²) < 4.78 is 14.7. The zero-order valence-corrected chi connectivity index (χ0v) is 15.5. The fourth-order valence-corrected chi connectivity index (χ4v) is 2.97. The average Bonchev–Trinajstić information content (AvgIpc) is 2.52. The third-order valence-electron chi connectivity index (χ3n) is 3.81. The van der Waals surface area contributed by atoms with Crippen LogP contribution in [0.4, 0.5) is 20.7 Å². The summed E-state index contributed by atoms with van der Waals surface area (Å²) in [5.74, 6) is 0.208. The summed E-state index contributed by atoms with van der Waals surface area (Å²) in [6.45, 7) is 1.81. The van der Waals surface area contributed by atoms with E-state index in [4.69, 9.17) is 23.2 Å². The summed E-state index contributed by atoms with van der Waals surface area (Å²) in [7, 11) is 0. The van der Waals surface area contributed by atoms with Gasteiger partial charge in [-0.2, -0.15) is 0 Å². The molecule has 2 amide bonds. The van der Waals surface area contributed by atoms with Gasteiger partial charge < -0.3 is 10.2 Å². The van der Waals surface area contributed by atoms with Crippen LogP contribution in [-0.4, -0.2) is 28.4 Å². The van der Waals surface area contributed by atoms with Gasteiger partial charge in [-0.15, -0.1) is 0 Å². The van der Waals surface area contributed by atoms with Crippen LogP contribution in [-0.2, 0) is 6.54 Å². The summed E-state index contributed by atoms with van der Waals surface area (Å²) in [6, 6.07) is 5.78. The first-order chi connectivity index (χ1) is 12.0. The van der Waals surface area contributed by atoms with E-state index in [9.17, 15) is 9.18 Å². The molecule has 5 nitrogen and oxygen atoms in total. The van der Waals surface area contributed by atoms with Gasteiger partial charge in [-0.1, -0.05) is 42.1 Å². The molecular formula is C16H15Cl2FN4OS. The predicted molar refractivity (Wildman–Crippen MR) is 101 cm³/mol. The van der Waals surface area contributed by atoms with Crippen molar-refractivity contribution in [2.75, 3.05) is 23.3 Å². The van der Waals surface area contributed by atoms with Gasteiger partial charge in [0, 0.05) is 18.7 Å². The Hall–Kier alpha value is -1.70. The van der Waals surface area contributed by atoms with Crippen LogP contribution in [0.25, 0.3) is 0 Å². The van der Waals surface area contributed by atoms with E-state index in [-0.39, 0.29) is 11.6 Å². The molecule has 2 heterocycles. The van der Waals surface area contributed by atoms with Gasteiger partial charge in [0.05, 0.1) is 28.5 Å². The highest BCUT2D eigenvalue weighted by molar-refractivity contribution is 7.78. The minimum absolute atomic E-state index is 0.0870. The zero-order chi connectivity index (χ0) is 18.0. The predicted octanol–water partition coefficient (Wildman–Crippen LogP) is 4.62. The Labute approximate surface area is 160 Å². The van der Waals surface area contributed by atoms with Crippen molar-refractivity contribution >= 4 is 53.6 Å². The number of urea groups is 1. The fourth-order valence-electron chi connectivity index (χ4n) is 2.42. The molecule has 1 aromatic carbocycles. The molecule has 0 saturated carbocycles. The second kappa shape index (κ2) is 7.68. The molecule has 9 heteroatoms. The molecule has 0 spiro atoms. The van der Waals surface area contributed by atoms with Gasteiger partial charge in [-0.05, 0) is 24.6 Å². The number of pyridine rings is 1. The van der Waals surface area contributed by atoms with E-state index in [2.05, 4.69) is 23.1 Å². The molecule has 1 saturated heterocycles. The monoisotopic (exact) mass is 400 g/mol. The van der Waals surface area contributed by atoms with Gasteiger partial charge in [0.15, 0.2) is 0 Å². The molecule has 0 atom stereocenters. The van der Waals surface area contributed by atoms with Crippen molar-refractivity contribution in [2.45, 2.75) is 13.0 Å². The number of hydrogen-bond donors (Lipinski definition) is 2. The van der Waals surface area contributed by atoms with E-state index in [0.29, 0.717) is 22.1 Å². The Kier molecular flexibility index (Phi) is 5.56. The quantitative estimate of drug-likeness (QED) is 0.736. The summed E-state index contributed by atoms with van der Waals surface area (Å²) in [4.78, 5) is 18.5. The number of hydrogen-bond acceptors (Lipinski definition) is 4. The highest BCUT2D eigenvalue weighted by atomic mass is 35.5. The normalized spacial score (nSPS) is 13.4. The highest BCUT2D eigenvalue weighted by Crippen LogP contribution is 2.30. The van der Waals surface area contributed by atoms with Crippen LogP contribution >= 0.6 is 36.0 Å². The number of benzene rings is 1. The maximum absolute atomic E-state index is 13.6. The molecule has 0 radical (unpaired) electrons. The van der Waals surface area contributed by atoms with Gasteiger partial charge in [-0.3, -0.25) is 4.31 Å². The SMILES string of the molecule is O=C(Nc1cccc(Cl)c1Cl)N(S)Cc1cc(F)cnc1N1CCC1. The van der Waals surface area contributed by atoms with Crippen LogP contribution in [0.3, 0.4) is 0 Å². The lowest BCUT2D eigenvalue weighted by Gasteiger charge is -2.34. The summed E-state index contributed by atoms with van der Waals surface area (Å²) in [6.07, 6.45) is 2.24. The van der Waals surface area contributed by atoms with Crippen molar-refractivity contribution in [3.05, 3.63) is 51.9 Å². The van der Waals surface area contributed by atoms with Gasteiger partial charge in [0.25, 0.3) is 0 Å². The molecule has 1 aliphatic rings. The first-order valence-corrected chi connectivity index (χ1v) is 8.72. The third kappa shape index (κ3) is 4.11. The van der Waals surface area contributed by atoms with E-state index in [1.807, 2.05) is 4.90 Å². The Morgan fingerprint density at radius 3 is 2.84 bits per heavy atom. The van der Waals surface area contributed by atoms with Crippen molar-refractivity contribution < 1.29 is 9.18 Å². The maximum Gasteiger partial charge on any atom is 0.332 e. The van der Waals surface area contributed by atoms with E-state index in [1.165, 1.54) is 12.3 Å². The average molecular weight is 401 g/mol. The number of rotatable bonds is 4. The molecule has 25 heavy (non-hydrogen) atoms. The molecule has 132 valence electrons. The molecule has 2 aromatic rings. The number of aromatic nitrogens is 1. The van der Waals surface area contributed by atoms with Crippen molar-refractivity contribution in [2.24, 2.45) is 0 Å². The lowest BCUT2D eigenvalue weighted by molar-refractivity contribution is 0.238. The first kappa shape index (κ1) is 18.1. The largest absolute Gasteiger partial charge is 0.356 e. The van der Waals surface area contributed by atoms with Crippen LogP contribution in [0.2, 0.25) is 10.0 Å². The van der Waals surface area contributed by atoms with E-state index in [1.54, 1.807) is 18.2 Å². The number of thiol groups is 1. The molecule has 1 aliphatic heterocycles. The number of nitrogens with one attached hydrogen (secondary N) is 1. The number of nitrogens with zero attached hydrogens (tertiary/aromatic N) is 3. The summed E-state index contributed by atoms with van der Waals surface area (Å²) >= 11 is 16.2. The Balaban J connectivity index is 1.73. The van der Waals surface area contributed by atoms with E-state index < -0.39 is 11.8 Å². The molecular weight excluding hydrogens is 386 g/mol. The minimum Gasteiger partial charge on any atom is -0.356 e. The number of halogens is 3. The van der Waals surface area contributed by atoms with Crippen molar-refractivity contribution in [3.63, 3.8) is 0 Å². The number of anilines is 2. The zero-order valence-electron chi connectivity index (χ0n) is 13.0. The van der Waals surface area contributed by atoms with E-state index >= 15 is 0 Å². The molecule has 1 N–H and O–H groups in total. The second-order valence-electron chi connectivity index (χ2n) is 5.57. The molecule has 1 aromatic heterocycles. The van der Waals surface area contributed by atoms with Crippen LogP contribution in [0, 0.1) is 5.82 Å². The number of carbonyl (C=O) groups is 1. The number of carbonyl (C=O) groups excluding carboxylic acids is 1. The van der Waals surface area contributed by atoms with Crippen LogP contribution in [0.15, 0.2) is 30.5 Å². The lowest BCUT2D eigenvalue weighted by Crippen LogP contribution is -2.39. The van der Waals surface area contributed by atoms with Crippen LogP contribution < -0.4 is 10.2 Å². The summed E-state index contributed by atoms with van der Waals surface area (Å²) in [5.41, 5.74) is 0.959. The van der Waals surface area contributed by atoms with Crippen molar-refractivity contribution in [1.82, 2.24) is 9.29 Å². The Morgan fingerprint density at radius 2 is 2.16 bits per heavy atom. The van der Waals surface area contributed by atoms with Gasteiger partial charge in [-0.25, -0.2) is 14.2 Å². The van der Waals surface area contributed by atoms with Crippen molar-refractivity contribution in [3.8, 4) is 0 Å². The topological polar surface area (TPSA) is 48.5 Å². The highest BCUT2D eigenvalue weighted by Gasteiger charge is 2.22.